The van der Waals surface area contributed by atoms with Crippen LogP contribution in [0.2, 0.25) is 0 Å². The number of nitrogens with zero attached hydrogens (tertiary/aromatic N) is 3. The average molecular weight is 666 g/mol. The smallest absolute Gasteiger partial charge is 0.255 e. The van der Waals surface area contributed by atoms with Crippen molar-refractivity contribution >= 4 is 40.1 Å². The van der Waals surface area contributed by atoms with E-state index in [4.69, 9.17) is 5.73 Å². The molecule has 0 saturated heterocycles. The maximum absolute atomic E-state index is 14.3. The zero-order valence-corrected chi connectivity index (χ0v) is 27.1. The first-order chi connectivity index (χ1) is 22.2. The van der Waals surface area contributed by atoms with Gasteiger partial charge in [-0.15, -0.1) is 0 Å². The van der Waals surface area contributed by atoms with Crippen molar-refractivity contribution in [2.45, 2.75) is 37.1 Å². The summed E-state index contributed by atoms with van der Waals surface area (Å²) >= 11 is 1.47. The fraction of sp³-hybridized carbons (Fsp3) is 0.394. The largest absolute Gasteiger partial charge is 0.510 e. The van der Waals surface area contributed by atoms with Crippen LogP contribution < -0.4 is 16.0 Å². The van der Waals surface area contributed by atoms with Gasteiger partial charge in [0.15, 0.2) is 16.6 Å². The number of hydrogen-bond acceptors (Lipinski definition) is 12. The highest BCUT2D eigenvalue weighted by atomic mass is 32.2. The number of benzene rings is 2. The molecule has 47 heavy (non-hydrogen) atoms. The number of ketones is 2. The molecule has 3 aliphatic carbocycles. The maximum Gasteiger partial charge on any atom is 0.255 e. The molecule has 1 aliphatic heterocycles. The molecule has 2 unspecified atom stereocenters. The predicted molar refractivity (Wildman–Crippen MR) is 174 cm³/mol. The number of anilines is 1. The Morgan fingerprint density at radius 2 is 1.83 bits per heavy atom. The second-order valence-corrected chi connectivity index (χ2v) is 13.8. The van der Waals surface area contributed by atoms with E-state index in [0.29, 0.717) is 27.7 Å². The molecule has 6 rings (SSSR count). The van der Waals surface area contributed by atoms with Crippen molar-refractivity contribution in [2.75, 3.05) is 38.8 Å². The van der Waals surface area contributed by atoms with E-state index in [9.17, 15) is 39.2 Å². The summed E-state index contributed by atoms with van der Waals surface area (Å²) in [6.45, 7) is 0.102. The number of fused-ring (bicyclic) bond motifs is 3. The fourth-order valence-corrected chi connectivity index (χ4v) is 8.34. The normalized spacial score (nSPS) is 27.0. The zero-order chi connectivity index (χ0) is 34.1. The van der Waals surface area contributed by atoms with Gasteiger partial charge in [-0.1, -0.05) is 23.9 Å². The van der Waals surface area contributed by atoms with E-state index in [1.807, 2.05) is 4.90 Å². The van der Waals surface area contributed by atoms with Crippen LogP contribution in [-0.2, 0) is 22.6 Å². The van der Waals surface area contributed by atoms with Crippen molar-refractivity contribution in [1.29, 1.82) is 0 Å². The third-order valence-electron chi connectivity index (χ3n) is 9.60. The van der Waals surface area contributed by atoms with Crippen LogP contribution in [0.1, 0.15) is 39.5 Å². The summed E-state index contributed by atoms with van der Waals surface area (Å²) in [5.41, 5.74) is 4.04. The number of thioether (sulfide) groups is 1. The summed E-state index contributed by atoms with van der Waals surface area (Å²) in [4.78, 5) is 48.1. The van der Waals surface area contributed by atoms with E-state index in [-0.39, 0.29) is 48.1 Å². The molecule has 1 amide bonds. The van der Waals surface area contributed by atoms with E-state index in [2.05, 4.69) is 10.3 Å². The third-order valence-corrected chi connectivity index (χ3v) is 10.6. The number of aliphatic imine (C=N–C) groups is 1. The van der Waals surface area contributed by atoms with Crippen molar-refractivity contribution in [3.8, 4) is 5.75 Å². The Kier molecular flexibility index (Phi) is 8.09. The highest BCUT2D eigenvalue weighted by Gasteiger charge is 2.63. The van der Waals surface area contributed by atoms with Crippen molar-refractivity contribution in [3.05, 3.63) is 81.1 Å². The number of nitrogens with one attached hydrogen (secondary N) is 1. The van der Waals surface area contributed by atoms with Crippen LogP contribution in [0.25, 0.3) is 0 Å². The Balaban J connectivity index is 1.38. The van der Waals surface area contributed by atoms with E-state index in [0.717, 1.165) is 5.56 Å². The molecule has 2 aromatic carbocycles. The molecule has 14 heteroatoms. The predicted octanol–water partition coefficient (Wildman–Crippen LogP) is 2.26. The summed E-state index contributed by atoms with van der Waals surface area (Å²) in [6.07, 6.45) is 0.195. The molecule has 248 valence electrons. The van der Waals surface area contributed by atoms with Crippen molar-refractivity contribution in [3.63, 3.8) is 0 Å². The minimum Gasteiger partial charge on any atom is -0.510 e. The molecule has 0 aromatic heterocycles. The SMILES string of the molecule is CN(C)c1cc(CNC2=NC(c3ccc(F)cc3)CS2)c(O)c2c1C[C@H]1C[C@H]3C(N(C)C)C(O)=C(C(N)=O)C(=O)[C@@]3(O)C(O)=C1C2=O. The van der Waals surface area contributed by atoms with Crippen LogP contribution >= 0.6 is 11.8 Å². The lowest BCUT2D eigenvalue weighted by molar-refractivity contribution is -0.148. The summed E-state index contributed by atoms with van der Waals surface area (Å²) in [7, 11) is 6.78. The Morgan fingerprint density at radius 1 is 1.15 bits per heavy atom. The van der Waals surface area contributed by atoms with Gasteiger partial charge in [0.1, 0.15) is 28.7 Å². The molecule has 12 nitrogen and oxygen atoms in total. The Labute approximate surface area is 274 Å². The number of carbonyl (C=O) groups excluding carboxylic acids is 3. The van der Waals surface area contributed by atoms with Crippen LogP contribution in [0.15, 0.2) is 58.0 Å². The number of Topliss-reactive ketones (excluding diaryl/α,β-unsaturated/α-hetero) is 2. The monoisotopic (exact) mass is 665 g/mol. The second kappa shape index (κ2) is 11.7. The molecule has 0 spiro atoms. The molecule has 2 aromatic rings. The minimum atomic E-state index is -2.71. The molecule has 4 aliphatic rings. The highest BCUT2D eigenvalue weighted by Crippen LogP contribution is 2.53. The quantitative estimate of drug-likeness (QED) is 0.248. The van der Waals surface area contributed by atoms with Crippen LogP contribution in [0.3, 0.4) is 0 Å². The van der Waals surface area contributed by atoms with Crippen molar-refractivity contribution < 1.29 is 39.2 Å². The lowest BCUT2D eigenvalue weighted by atomic mass is 9.58. The standard InChI is InChI=1S/C33H36FN5O7S/c1-38(2)21-11-16(12-36-32-37-20(13-47-32)14-5-7-17(34)8-6-14)26(40)23-18(21)9-15-10-19-25(39(3)4)28(42)24(31(35)45)30(44)33(19,46)29(43)22(15)27(23)41/h5-8,11,15,19-20,25,40,42-43,46H,9-10,12-13H2,1-4H3,(H2,35,45)(H,36,37)/t15-,19-,20?,25?,33-/m0/s1. The van der Waals surface area contributed by atoms with E-state index in [1.54, 1.807) is 46.4 Å². The van der Waals surface area contributed by atoms with Crippen molar-refractivity contribution in [2.24, 2.45) is 22.6 Å². The number of aliphatic hydroxyl groups is 3. The number of rotatable bonds is 6. The number of phenolic OH excluding ortho intramolecular Hbond substituents is 1. The number of primary amides is 1. The van der Waals surface area contributed by atoms with Crippen LogP contribution in [-0.4, -0.2) is 93.6 Å². The van der Waals surface area contributed by atoms with Gasteiger partial charge in [-0.3, -0.25) is 24.3 Å². The van der Waals surface area contributed by atoms with Gasteiger partial charge >= 0.3 is 0 Å². The first-order valence-corrected chi connectivity index (χ1v) is 16.0. The molecule has 1 heterocycles. The minimum absolute atomic E-state index is 0.00890. The summed E-state index contributed by atoms with van der Waals surface area (Å²) in [5, 5.41) is 49.8. The van der Waals surface area contributed by atoms with Gasteiger partial charge < -0.3 is 36.4 Å². The number of amides is 1. The lowest BCUT2D eigenvalue weighted by Crippen LogP contribution is -2.63. The molecular weight excluding hydrogens is 629 g/mol. The second-order valence-electron chi connectivity index (χ2n) is 12.8. The number of allylic oxidation sites excluding steroid dienone is 1. The number of aliphatic hydroxyl groups excluding tert-OH is 2. The topological polar surface area (TPSA) is 189 Å². The van der Waals surface area contributed by atoms with Gasteiger partial charge in [-0.25, -0.2) is 4.39 Å². The van der Waals surface area contributed by atoms with E-state index in [1.165, 1.54) is 28.8 Å². The Hall–Kier alpha value is -4.40. The van der Waals surface area contributed by atoms with Crippen LogP contribution in [0.5, 0.6) is 5.75 Å². The summed E-state index contributed by atoms with van der Waals surface area (Å²) < 4.78 is 13.4. The molecule has 0 fully saturated rings. The zero-order valence-electron chi connectivity index (χ0n) is 26.2. The van der Waals surface area contributed by atoms with Crippen molar-refractivity contribution in [1.82, 2.24) is 10.2 Å². The van der Waals surface area contributed by atoms with Gasteiger partial charge in [-0.2, -0.15) is 0 Å². The fourth-order valence-electron chi connectivity index (χ4n) is 7.38. The van der Waals surface area contributed by atoms with Gasteiger partial charge in [-0.05, 0) is 62.2 Å². The Bertz CT molecular complexity index is 1800. The maximum atomic E-state index is 14.3. The third kappa shape index (κ3) is 5.06. The van der Waals surface area contributed by atoms with Gasteiger partial charge in [0.25, 0.3) is 5.91 Å². The van der Waals surface area contributed by atoms with Crippen LogP contribution in [0.4, 0.5) is 10.1 Å². The van der Waals surface area contributed by atoms with E-state index >= 15 is 0 Å². The van der Waals surface area contributed by atoms with Gasteiger partial charge in [0.2, 0.25) is 5.78 Å². The summed E-state index contributed by atoms with van der Waals surface area (Å²) in [6, 6.07) is 6.69. The number of amidine groups is 1. The number of phenols is 1. The highest BCUT2D eigenvalue weighted by molar-refractivity contribution is 8.14. The number of halogens is 1. The average Bonchev–Trinajstić information content (AvgIpc) is 3.47. The lowest BCUT2D eigenvalue weighted by Gasteiger charge is -2.50. The molecule has 5 atom stereocenters. The van der Waals surface area contributed by atoms with Crippen LogP contribution in [0, 0.1) is 17.7 Å². The van der Waals surface area contributed by atoms with Gasteiger partial charge in [0.05, 0.1) is 17.6 Å². The molecular formula is C33H36FN5O7S. The number of carbonyl (C=O) groups is 3. The van der Waals surface area contributed by atoms with E-state index < -0.39 is 58.0 Å². The molecule has 0 bridgehead atoms. The molecule has 0 saturated carbocycles. The number of hydrogen-bond donors (Lipinski definition) is 6. The molecule has 7 N–H and O–H groups in total. The first-order valence-electron chi connectivity index (χ1n) is 15.1. The first kappa shape index (κ1) is 32.5. The number of nitrogens with two attached hydrogens (primary N) is 1. The number of likely N-dealkylation sites (N-methyl/N-ethyl adjacent to an activating group) is 1. The Morgan fingerprint density at radius 3 is 2.45 bits per heavy atom. The summed E-state index contributed by atoms with van der Waals surface area (Å²) in [5.74, 6) is -6.59. The number of aromatic hydroxyl groups is 1. The molecule has 0 radical (unpaired) electrons. The van der Waals surface area contributed by atoms with Gasteiger partial charge in [0, 0.05) is 49.1 Å².